The van der Waals surface area contributed by atoms with Crippen LogP contribution in [0.1, 0.15) is 40.5 Å². The molecule has 0 saturated carbocycles. The standard InChI is InChI=1S/C37H33NO8S2/c39-34(45-18-31-27-13-5-1-9-23(27)24-10-2-6-14-28(24)31)17-22(35(40)41)20-47-48-21-33(36(42)43)38-37(44)46-19-32-29-15-7-3-11-25(29)26-12-4-8-16-30(26)32/h1-16,22,31-33H,17-21H2,(H,38,44)(H,40,41)(H,42,43). The van der Waals surface area contributed by atoms with Crippen LogP contribution in [0.2, 0.25) is 0 Å². The predicted molar refractivity (Wildman–Crippen MR) is 185 cm³/mol. The van der Waals surface area contributed by atoms with Crippen molar-refractivity contribution in [2.75, 3.05) is 24.7 Å². The number of hydrogen-bond donors (Lipinski definition) is 3. The Labute approximate surface area is 285 Å². The number of carboxylic acid groups (broad SMARTS) is 2. The molecule has 0 spiro atoms. The molecule has 3 N–H and O–H groups in total. The fraction of sp³-hybridized carbons (Fsp3) is 0.243. The maximum Gasteiger partial charge on any atom is 0.407 e. The van der Waals surface area contributed by atoms with Crippen LogP contribution in [-0.2, 0) is 23.9 Å². The maximum absolute atomic E-state index is 12.7. The van der Waals surface area contributed by atoms with E-state index in [1.165, 1.54) is 0 Å². The Hall–Kier alpha value is -4.74. The Morgan fingerprint density at radius 2 is 1.02 bits per heavy atom. The summed E-state index contributed by atoms with van der Waals surface area (Å²) < 4.78 is 11.1. The second-order valence-corrected chi connectivity index (χ2v) is 14.1. The van der Waals surface area contributed by atoms with Gasteiger partial charge in [-0.2, -0.15) is 0 Å². The fourth-order valence-electron chi connectivity index (χ4n) is 6.30. The van der Waals surface area contributed by atoms with Crippen LogP contribution in [0.25, 0.3) is 22.3 Å². The van der Waals surface area contributed by atoms with Crippen molar-refractivity contribution in [2.45, 2.75) is 24.3 Å². The van der Waals surface area contributed by atoms with E-state index < -0.39 is 36.0 Å². The Bertz CT molecular complexity index is 1620. The molecular formula is C37H33NO8S2. The summed E-state index contributed by atoms with van der Waals surface area (Å²) in [5.74, 6) is -4.34. The monoisotopic (exact) mass is 683 g/mol. The van der Waals surface area contributed by atoms with Gasteiger partial charge in [-0.3, -0.25) is 9.59 Å². The molecule has 9 nitrogen and oxygen atoms in total. The molecule has 4 aromatic carbocycles. The average molecular weight is 684 g/mol. The van der Waals surface area contributed by atoms with Crippen molar-refractivity contribution in [1.82, 2.24) is 5.32 Å². The zero-order valence-corrected chi connectivity index (χ0v) is 27.4. The molecule has 2 atom stereocenters. The van der Waals surface area contributed by atoms with Gasteiger partial charge in [-0.15, -0.1) is 0 Å². The lowest BCUT2D eigenvalue weighted by atomic mass is 9.98. The molecule has 2 unspecified atom stereocenters. The highest BCUT2D eigenvalue weighted by molar-refractivity contribution is 8.76. The fourth-order valence-corrected chi connectivity index (χ4v) is 8.75. The molecule has 2 aliphatic rings. The number of carbonyl (C=O) groups excluding carboxylic acids is 2. The molecule has 0 aliphatic heterocycles. The molecule has 0 aromatic heterocycles. The van der Waals surface area contributed by atoms with Crippen LogP contribution in [0.4, 0.5) is 4.79 Å². The van der Waals surface area contributed by atoms with Crippen molar-refractivity contribution in [3.63, 3.8) is 0 Å². The number of amides is 1. The van der Waals surface area contributed by atoms with Crippen molar-refractivity contribution >= 4 is 45.6 Å². The molecule has 1 amide bonds. The minimum atomic E-state index is -1.26. The molecule has 4 aromatic rings. The van der Waals surface area contributed by atoms with Crippen molar-refractivity contribution in [3.05, 3.63) is 119 Å². The third kappa shape index (κ3) is 7.22. The molecule has 0 heterocycles. The van der Waals surface area contributed by atoms with Gasteiger partial charge in [0.1, 0.15) is 19.3 Å². The average Bonchev–Trinajstić information content (AvgIpc) is 3.59. The van der Waals surface area contributed by atoms with Crippen LogP contribution in [0.5, 0.6) is 0 Å². The van der Waals surface area contributed by atoms with Crippen molar-refractivity contribution in [3.8, 4) is 22.3 Å². The molecule has 48 heavy (non-hydrogen) atoms. The van der Waals surface area contributed by atoms with Gasteiger partial charge in [0, 0.05) is 23.3 Å². The van der Waals surface area contributed by atoms with E-state index in [0.29, 0.717) is 0 Å². The topological polar surface area (TPSA) is 139 Å². The molecule has 0 bridgehead atoms. The van der Waals surface area contributed by atoms with Crippen LogP contribution in [-0.4, -0.2) is 65.0 Å². The van der Waals surface area contributed by atoms with Crippen molar-refractivity contribution in [2.24, 2.45) is 5.92 Å². The first kappa shape index (κ1) is 33.2. The van der Waals surface area contributed by atoms with Crippen molar-refractivity contribution < 1.29 is 38.9 Å². The van der Waals surface area contributed by atoms with E-state index in [0.717, 1.165) is 66.1 Å². The number of carboxylic acids is 2. The Morgan fingerprint density at radius 3 is 1.46 bits per heavy atom. The summed E-state index contributed by atoms with van der Waals surface area (Å²) in [6.45, 7) is 0.146. The van der Waals surface area contributed by atoms with Crippen LogP contribution in [0.15, 0.2) is 97.1 Å². The summed E-state index contributed by atoms with van der Waals surface area (Å²) in [5, 5.41) is 21.9. The smallest absolute Gasteiger partial charge is 0.407 e. The summed E-state index contributed by atoms with van der Waals surface area (Å²) in [4.78, 5) is 49.2. The number of fused-ring (bicyclic) bond motifs is 6. The largest absolute Gasteiger partial charge is 0.481 e. The van der Waals surface area contributed by atoms with Gasteiger partial charge in [0.15, 0.2) is 0 Å². The van der Waals surface area contributed by atoms with E-state index >= 15 is 0 Å². The first-order valence-corrected chi connectivity index (χ1v) is 18.0. The van der Waals surface area contributed by atoms with Gasteiger partial charge in [-0.1, -0.05) is 119 Å². The lowest BCUT2D eigenvalue weighted by molar-refractivity contribution is -0.151. The second-order valence-electron chi connectivity index (χ2n) is 11.6. The molecular weight excluding hydrogens is 651 g/mol. The number of aliphatic carboxylic acids is 2. The number of ether oxygens (including phenoxy) is 2. The lowest BCUT2D eigenvalue weighted by Crippen LogP contribution is -2.43. The van der Waals surface area contributed by atoms with Gasteiger partial charge in [0.2, 0.25) is 0 Å². The Morgan fingerprint density at radius 1 is 0.604 bits per heavy atom. The number of esters is 1. The van der Waals surface area contributed by atoms with E-state index in [2.05, 4.69) is 5.32 Å². The zero-order valence-electron chi connectivity index (χ0n) is 25.7. The summed E-state index contributed by atoms with van der Waals surface area (Å²) in [7, 11) is 2.22. The minimum Gasteiger partial charge on any atom is -0.481 e. The van der Waals surface area contributed by atoms with E-state index in [1.807, 2.05) is 97.1 Å². The van der Waals surface area contributed by atoms with Gasteiger partial charge in [0.25, 0.3) is 0 Å². The summed E-state index contributed by atoms with van der Waals surface area (Å²) >= 11 is 0. The first-order valence-electron chi connectivity index (χ1n) is 15.5. The molecule has 0 saturated heterocycles. The van der Waals surface area contributed by atoms with Crippen LogP contribution in [0.3, 0.4) is 0 Å². The van der Waals surface area contributed by atoms with Crippen LogP contribution >= 0.6 is 21.6 Å². The van der Waals surface area contributed by atoms with Gasteiger partial charge in [0.05, 0.1) is 12.3 Å². The molecule has 11 heteroatoms. The SMILES string of the molecule is O=C(CC(CSSCC(NC(=O)OCC1c2ccccc2-c2ccccc21)C(=O)O)C(=O)O)OCC1c2ccccc2-c2ccccc21. The Balaban J connectivity index is 0.957. The lowest BCUT2D eigenvalue weighted by Gasteiger charge is -2.18. The van der Waals surface area contributed by atoms with E-state index in [4.69, 9.17) is 9.47 Å². The number of benzene rings is 4. The van der Waals surface area contributed by atoms with Gasteiger partial charge >= 0.3 is 24.0 Å². The third-order valence-electron chi connectivity index (χ3n) is 8.66. The van der Waals surface area contributed by atoms with E-state index in [1.54, 1.807) is 0 Å². The highest BCUT2D eigenvalue weighted by Gasteiger charge is 2.32. The number of carbonyl (C=O) groups is 4. The summed E-state index contributed by atoms with van der Waals surface area (Å²) in [6, 6.07) is 30.5. The zero-order chi connectivity index (χ0) is 33.6. The predicted octanol–water partition coefficient (Wildman–Crippen LogP) is 6.81. The molecule has 2 aliphatic carbocycles. The molecule has 6 rings (SSSR count). The summed E-state index contributed by atoms with van der Waals surface area (Å²) in [5.41, 5.74) is 8.56. The van der Waals surface area contributed by atoms with E-state index in [-0.39, 0.29) is 43.0 Å². The van der Waals surface area contributed by atoms with Gasteiger partial charge in [-0.25, -0.2) is 9.59 Å². The number of hydrogen-bond acceptors (Lipinski definition) is 8. The highest BCUT2D eigenvalue weighted by atomic mass is 33.1. The van der Waals surface area contributed by atoms with E-state index in [9.17, 15) is 29.4 Å². The second kappa shape index (κ2) is 15.0. The highest BCUT2D eigenvalue weighted by Crippen LogP contribution is 2.45. The van der Waals surface area contributed by atoms with Gasteiger partial charge < -0.3 is 25.0 Å². The third-order valence-corrected chi connectivity index (χ3v) is 11.1. The number of alkyl carbamates (subject to hydrolysis) is 1. The summed E-state index contributed by atoms with van der Waals surface area (Å²) in [6.07, 6.45) is -1.17. The van der Waals surface area contributed by atoms with Gasteiger partial charge in [-0.05, 0) is 44.5 Å². The number of rotatable bonds is 14. The normalized spacial score (nSPS) is 14.2. The van der Waals surface area contributed by atoms with Crippen molar-refractivity contribution in [1.29, 1.82) is 0 Å². The van der Waals surface area contributed by atoms with Crippen LogP contribution < -0.4 is 5.32 Å². The van der Waals surface area contributed by atoms with Crippen LogP contribution in [0, 0.1) is 5.92 Å². The molecule has 0 fully saturated rings. The minimum absolute atomic E-state index is 0.0402. The molecule has 246 valence electrons. The quantitative estimate of drug-likeness (QED) is 0.0738. The molecule has 0 radical (unpaired) electrons. The maximum atomic E-state index is 12.7. The Kier molecular flexibility index (Phi) is 10.4. The first-order chi connectivity index (χ1) is 23.3. The number of nitrogens with one attached hydrogen (secondary N) is 1.